The van der Waals surface area contributed by atoms with E-state index in [1.54, 1.807) is 6.20 Å². The summed E-state index contributed by atoms with van der Waals surface area (Å²) in [7, 11) is 0. The maximum Gasteiger partial charge on any atom is 0.268 e. The normalized spacial score (nSPS) is 17.7. The van der Waals surface area contributed by atoms with E-state index in [-0.39, 0.29) is 12.0 Å². The minimum atomic E-state index is -0.0550. The van der Waals surface area contributed by atoms with Gasteiger partial charge in [0.25, 0.3) is 5.91 Å². The predicted octanol–water partition coefficient (Wildman–Crippen LogP) is 2.40. The van der Waals surface area contributed by atoms with Crippen molar-refractivity contribution in [3.05, 3.63) is 34.3 Å². The molecule has 1 aliphatic heterocycles. The Morgan fingerprint density at radius 3 is 3.00 bits per heavy atom. The maximum absolute atomic E-state index is 13.0. The second kappa shape index (κ2) is 7.14. The number of nitrogens with zero attached hydrogens (tertiary/aromatic N) is 3. The summed E-state index contributed by atoms with van der Waals surface area (Å²) in [5.41, 5.74) is 1.02. The van der Waals surface area contributed by atoms with Crippen LogP contribution < -0.4 is 4.74 Å². The number of thiophene rings is 1. The summed E-state index contributed by atoms with van der Waals surface area (Å²) in [5, 5.41) is 6.22. The molecule has 6 nitrogen and oxygen atoms in total. The number of amides is 1. The molecule has 1 aliphatic rings. The fraction of sp³-hybridized carbons (Fsp3) is 0.500. The van der Waals surface area contributed by atoms with Gasteiger partial charge in [-0.05, 0) is 31.4 Å². The summed E-state index contributed by atoms with van der Waals surface area (Å²) in [4.78, 5) is 15.4. The van der Waals surface area contributed by atoms with Crippen molar-refractivity contribution in [3.63, 3.8) is 0 Å². The molecular weight excluding hydrogens is 314 g/mol. The first-order chi connectivity index (χ1) is 11.2. The fourth-order valence-corrected chi connectivity index (χ4v) is 3.58. The number of aromatic nitrogens is 2. The van der Waals surface area contributed by atoms with E-state index in [1.807, 2.05) is 40.9 Å². The zero-order valence-electron chi connectivity index (χ0n) is 13.4. The molecule has 0 saturated carbocycles. The lowest BCUT2D eigenvalue weighted by atomic mass is 10.3. The van der Waals surface area contributed by atoms with Gasteiger partial charge < -0.3 is 14.4 Å². The van der Waals surface area contributed by atoms with Gasteiger partial charge >= 0.3 is 0 Å². The van der Waals surface area contributed by atoms with E-state index in [0.717, 1.165) is 5.69 Å². The van der Waals surface area contributed by atoms with Gasteiger partial charge in [-0.2, -0.15) is 5.10 Å². The largest absolute Gasteiger partial charge is 0.492 e. The molecule has 3 heterocycles. The summed E-state index contributed by atoms with van der Waals surface area (Å²) >= 11 is 1.42. The van der Waals surface area contributed by atoms with Crippen molar-refractivity contribution in [3.8, 4) is 5.75 Å². The molecule has 0 bridgehead atoms. The molecule has 0 aromatic carbocycles. The number of rotatable bonds is 5. The lowest BCUT2D eigenvalue weighted by Crippen LogP contribution is -2.37. The van der Waals surface area contributed by atoms with E-state index in [2.05, 4.69) is 5.10 Å². The van der Waals surface area contributed by atoms with Gasteiger partial charge in [0.05, 0.1) is 31.5 Å². The number of carbonyl (C=O) groups is 1. The summed E-state index contributed by atoms with van der Waals surface area (Å²) in [5.74, 6) is 0.649. The summed E-state index contributed by atoms with van der Waals surface area (Å²) in [6.07, 6.45) is 1.71. The summed E-state index contributed by atoms with van der Waals surface area (Å²) in [6.45, 7) is 6.81. The van der Waals surface area contributed by atoms with Crippen molar-refractivity contribution in [2.45, 2.75) is 33.0 Å². The van der Waals surface area contributed by atoms with Crippen LogP contribution in [0.4, 0.5) is 0 Å². The van der Waals surface area contributed by atoms with Crippen LogP contribution >= 0.6 is 11.3 Å². The average Bonchev–Trinajstić information content (AvgIpc) is 3.13. The summed E-state index contributed by atoms with van der Waals surface area (Å²) in [6, 6.07) is 3.80. The monoisotopic (exact) mass is 335 g/mol. The standard InChI is InChI=1S/C16H21N3O3S/c1-3-21-13-10-18(9-12-5-7-17-19(12)11-13)16(20)15-14(22-4-2)6-8-23-15/h5-8,13H,3-4,9-11H2,1-2H3/t13-/m0/s1. The van der Waals surface area contributed by atoms with Crippen molar-refractivity contribution in [2.75, 3.05) is 19.8 Å². The molecule has 0 fully saturated rings. The number of ether oxygens (including phenoxy) is 2. The van der Waals surface area contributed by atoms with Crippen LogP contribution in [-0.4, -0.2) is 46.5 Å². The molecule has 3 rings (SSSR count). The molecule has 2 aromatic rings. The molecule has 0 saturated heterocycles. The van der Waals surface area contributed by atoms with E-state index >= 15 is 0 Å². The second-order valence-electron chi connectivity index (χ2n) is 5.31. The molecule has 23 heavy (non-hydrogen) atoms. The number of carbonyl (C=O) groups excluding carboxylic acids is 1. The van der Waals surface area contributed by atoms with E-state index in [4.69, 9.17) is 9.47 Å². The molecule has 1 atom stereocenters. The molecule has 7 heteroatoms. The Labute approximate surface area is 139 Å². The lowest BCUT2D eigenvalue weighted by molar-refractivity contribution is 0.0246. The van der Waals surface area contributed by atoms with Crippen LogP contribution in [0.1, 0.15) is 29.2 Å². The highest BCUT2D eigenvalue weighted by Crippen LogP contribution is 2.28. The van der Waals surface area contributed by atoms with E-state index in [0.29, 0.717) is 43.5 Å². The van der Waals surface area contributed by atoms with Crippen molar-refractivity contribution >= 4 is 17.2 Å². The summed E-state index contributed by atoms with van der Waals surface area (Å²) < 4.78 is 13.3. The second-order valence-corrected chi connectivity index (χ2v) is 6.23. The Kier molecular flexibility index (Phi) is 4.97. The van der Waals surface area contributed by atoms with Gasteiger partial charge in [0, 0.05) is 19.3 Å². The zero-order chi connectivity index (χ0) is 16.2. The molecule has 0 spiro atoms. The van der Waals surface area contributed by atoms with E-state index in [9.17, 15) is 4.79 Å². The molecule has 1 amide bonds. The molecule has 2 aromatic heterocycles. The quantitative estimate of drug-likeness (QED) is 0.842. The minimum Gasteiger partial charge on any atom is -0.492 e. The van der Waals surface area contributed by atoms with Crippen LogP contribution in [-0.2, 0) is 17.8 Å². The number of hydrogen-bond acceptors (Lipinski definition) is 5. The topological polar surface area (TPSA) is 56.6 Å². The van der Waals surface area contributed by atoms with Gasteiger partial charge in [-0.15, -0.1) is 11.3 Å². The first-order valence-electron chi connectivity index (χ1n) is 7.84. The van der Waals surface area contributed by atoms with Gasteiger partial charge in [0.2, 0.25) is 0 Å². The zero-order valence-corrected chi connectivity index (χ0v) is 14.2. The van der Waals surface area contributed by atoms with Crippen molar-refractivity contribution in [2.24, 2.45) is 0 Å². The van der Waals surface area contributed by atoms with Crippen LogP contribution in [0, 0.1) is 0 Å². The van der Waals surface area contributed by atoms with Gasteiger partial charge in [-0.3, -0.25) is 9.48 Å². The van der Waals surface area contributed by atoms with Gasteiger partial charge in [0.1, 0.15) is 10.6 Å². The minimum absolute atomic E-state index is 0.0113. The Morgan fingerprint density at radius 2 is 2.22 bits per heavy atom. The number of hydrogen-bond donors (Lipinski definition) is 0. The van der Waals surface area contributed by atoms with Gasteiger partial charge in [0.15, 0.2) is 0 Å². The van der Waals surface area contributed by atoms with Crippen LogP contribution in [0.15, 0.2) is 23.7 Å². The molecule has 0 radical (unpaired) electrons. The highest BCUT2D eigenvalue weighted by atomic mass is 32.1. The lowest BCUT2D eigenvalue weighted by Gasteiger charge is -2.24. The third-order valence-corrected chi connectivity index (χ3v) is 4.65. The third-order valence-electron chi connectivity index (χ3n) is 3.77. The van der Waals surface area contributed by atoms with Gasteiger partial charge in [-0.1, -0.05) is 0 Å². The van der Waals surface area contributed by atoms with Crippen molar-refractivity contribution in [1.82, 2.24) is 14.7 Å². The van der Waals surface area contributed by atoms with E-state index in [1.165, 1.54) is 11.3 Å². The van der Waals surface area contributed by atoms with Crippen molar-refractivity contribution < 1.29 is 14.3 Å². The first kappa shape index (κ1) is 16.0. The Balaban J connectivity index is 1.85. The molecule has 0 unspecified atom stereocenters. The van der Waals surface area contributed by atoms with Crippen LogP contribution in [0.5, 0.6) is 5.75 Å². The fourth-order valence-electron chi connectivity index (χ4n) is 2.78. The molecule has 0 N–H and O–H groups in total. The van der Waals surface area contributed by atoms with E-state index < -0.39 is 0 Å². The average molecular weight is 335 g/mol. The van der Waals surface area contributed by atoms with Crippen LogP contribution in [0.3, 0.4) is 0 Å². The Morgan fingerprint density at radius 1 is 1.35 bits per heavy atom. The molecule has 124 valence electrons. The van der Waals surface area contributed by atoms with Crippen molar-refractivity contribution in [1.29, 1.82) is 0 Å². The van der Waals surface area contributed by atoms with Crippen LogP contribution in [0.25, 0.3) is 0 Å². The predicted molar refractivity (Wildman–Crippen MR) is 87.9 cm³/mol. The Hall–Kier alpha value is -1.86. The number of fused-ring (bicyclic) bond motifs is 1. The molecule has 0 aliphatic carbocycles. The first-order valence-corrected chi connectivity index (χ1v) is 8.72. The van der Waals surface area contributed by atoms with Gasteiger partial charge in [-0.25, -0.2) is 0 Å². The maximum atomic E-state index is 13.0. The highest BCUT2D eigenvalue weighted by molar-refractivity contribution is 7.12. The van der Waals surface area contributed by atoms with Crippen LogP contribution in [0.2, 0.25) is 0 Å². The third kappa shape index (κ3) is 3.40. The Bertz CT molecular complexity index is 667. The SMILES string of the molecule is CCOc1ccsc1C(=O)N1Cc2ccnn2C[C@@H](OCC)C1. The molecular formula is C16H21N3O3S. The smallest absolute Gasteiger partial charge is 0.268 e. The highest BCUT2D eigenvalue weighted by Gasteiger charge is 2.28.